The molecule has 1 aliphatic heterocycles. The highest BCUT2D eigenvalue weighted by molar-refractivity contribution is 6.17. The van der Waals surface area contributed by atoms with Gasteiger partial charge in [0.2, 0.25) is 0 Å². The number of hydrogen-bond acceptors (Lipinski definition) is 5. The molecular weight excluding hydrogens is 188 g/mol. The van der Waals surface area contributed by atoms with Crippen LogP contribution in [0, 0.1) is 0 Å². The van der Waals surface area contributed by atoms with Crippen LogP contribution in [0.2, 0.25) is 0 Å². The van der Waals surface area contributed by atoms with Gasteiger partial charge >= 0.3 is 6.16 Å². The van der Waals surface area contributed by atoms with E-state index in [0.29, 0.717) is 0 Å². The summed E-state index contributed by atoms with van der Waals surface area (Å²) in [6.45, 7) is 0.372. The number of ether oxygens (including phenoxy) is 3. The molecule has 1 heterocycles. The maximum absolute atomic E-state index is 10.6. The zero-order valence-electron chi connectivity index (χ0n) is 6.23. The first-order valence-corrected chi connectivity index (χ1v) is 3.92. The smallest absolute Gasteiger partial charge is 0.426 e. The Balaban J connectivity index is 2.25. The fraction of sp³-hybridized carbons (Fsp3) is 0.833. The summed E-state index contributed by atoms with van der Waals surface area (Å²) in [5, 5.41) is 9.12. The topological polar surface area (TPSA) is 65.0 Å². The molecule has 0 aromatic carbocycles. The van der Waals surface area contributed by atoms with Crippen molar-refractivity contribution >= 4 is 17.8 Å². The van der Waals surface area contributed by atoms with Crippen LogP contribution in [0.3, 0.4) is 0 Å². The van der Waals surface area contributed by atoms with E-state index in [2.05, 4.69) is 9.47 Å². The van der Waals surface area contributed by atoms with Gasteiger partial charge in [0.05, 0.1) is 13.2 Å². The molecule has 0 bridgehead atoms. The Kier molecular flexibility index (Phi) is 3.58. The van der Waals surface area contributed by atoms with Crippen LogP contribution >= 0.6 is 11.6 Å². The van der Waals surface area contributed by atoms with E-state index in [1.165, 1.54) is 0 Å². The van der Waals surface area contributed by atoms with Crippen LogP contribution in [0.4, 0.5) is 4.79 Å². The minimum atomic E-state index is -0.889. The highest BCUT2D eigenvalue weighted by atomic mass is 35.5. The van der Waals surface area contributed by atoms with Crippen molar-refractivity contribution in [3.8, 4) is 0 Å². The van der Waals surface area contributed by atoms with E-state index < -0.39 is 18.4 Å². The molecule has 0 radical (unpaired) electrons. The number of carbonyl (C=O) groups is 1. The lowest BCUT2D eigenvalue weighted by Gasteiger charge is -2.12. The van der Waals surface area contributed by atoms with Crippen LogP contribution in [0.5, 0.6) is 0 Å². The van der Waals surface area contributed by atoms with Crippen LogP contribution in [-0.4, -0.2) is 42.7 Å². The van der Waals surface area contributed by atoms with Crippen molar-refractivity contribution < 1.29 is 24.1 Å². The van der Waals surface area contributed by atoms with Gasteiger partial charge in [0.15, 0.2) is 12.2 Å². The predicted octanol–water partition coefficient (Wildman–Crippen LogP) is 0.0956. The molecule has 2 unspecified atom stereocenters. The van der Waals surface area contributed by atoms with Crippen molar-refractivity contribution in [1.29, 1.82) is 0 Å². The third-order valence-electron chi connectivity index (χ3n) is 1.42. The number of hydrogen-bond donors (Lipinski definition) is 1. The van der Waals surface area contributed by atoms with Gasteiger partial charge in [-0.25, -0.2) is 4.79 Å². The van der Waals surface area contributed by atoms with Gasteiger partial charge in [0, 0.05) is 0 Å². The molecule has 1 N–H and O–H groups in total. The van der Waals surface area contributed by atoms with E-state index in [1.807, 2.05) is 0 Å². The van der Waals surface area contributed by atoms with Crippen LogP contribution in [-0.2, 0) is 14.2 Å². The maximum atomic E-state index is 10.6. The van der Waals surface area contributed by atoms with Crippen molar-refractivity contribution in [1.82, 2.24) is 0 Å². The van der Waals surface area contributed by atoms with Crippen molar-refractivity contribution in [3.63, 3.8) is 0 Å². The fourth-order valence-electron chi connectivity index (χ4n) is 0.838. The summed E-state index contributed by atoms with van der Waals surface area (Å²) in [5.74, 6) is 0. The van der Waals surface area contributed by atoms with Gasteiger partial charge < -0.3 is 19.3 Å². The van der Waals surface area contributed by atoms with E-state index in [-0.39, 0.29) is 19.3 Å². The van der Waals surface area contributed by atoms with Crippen molar-refractivity contribution in [2.75, 3.05) is 19.3 Å². The average Bonchev–Trinajstić information content (AvgIpc) is 2.37. The normalized spacial score (nSPS) is 28.5. The molecule has 1 fully saturated rings. The second-order valence-electron chi connectivity index (χ2n) is 2.26. The van der Waals surface area contributed by atoms with Gasteiger partial charge in [-0.2, -0.15) is 0 Å². The molecule has 12 heavy (non-hydrogen) atoms. The summed E-state index contributed by atoms with van der Waals surface area (Å²) in [5.41, 5.74) is 0. The van der Waals surface area contributed by atoms with Gasteiger partial charge in [0.25, 0.3) is 0 Å². The van der Waals surface area contributed by atoms with Crippen molar-refractivity contribution in [3.05, 3.63) is 0 Å². The molecule has 0 saturated carbocycles. The summed E-state index contributed by atoms with van der Waals surface area (Å²) in [7, 11) is 0. The Hall–Kier alpha value is -0.520. The van der Waals surface area contributed by atoms with Gasteiger partial charge in [-0.1, -0.05) is 11.6 Å². The Morgan fingerprint density at radius 2 is 2.42 bits per heavy atom. The van der Waals surface area contributed by atoms with E-state index >= 15 is 0 Å². The molecule has 6 heteroatoms. The van der Waals surface area contributed by atoms with Crippen LogP contribution in [0.25, 0.3) is 0 Å². The van der Waals surface area contributed by atoms with Crippen LogP contribution in [0.15, 0.2) is 0 Å². The highest BCUT2D eigenvalue weighted by Gasteiger charge is 2.30. The molecule has 2 atom stereocenters. The van der Waals surface area contributed by atoms with E-state index in [4.69, 9.17) is 21.4 Å². The first-order chi connectivity index (χ1) is 5.74. The lowest BCUT2D eigenvalue weighted by atomic mass is 10.3. The third kappa shape index (κ3) is 2.51. The molecule has 5 nitrogen and oxygen atoms in total. The largest absolute Gasteiger partial charge is 0.509 e. The number of halogens is 1. The summed E-state index contributed by atoms with van der Waals surface area (Å²) in [4.78, 5) is 10.6. The second-order valence-corrected chi connectivity index (χ2v) is 2.48. The molecule has 0 spiro atoms. The van der Waals surface area contributed by atoms with Gasteiger partial charge in [-0.05, 0) is 0 Å². The third-order valence-corrected chi connectivity index (χ3v) is 1.53. The fourth-order valence-corrected chi connectivity index (χ4v) is 0.927. The monoisotopic (exact) mass is 196 g/mol. The van der Waals surface area contributed by atoms with Gasteiger partial charge in [-0.15, -0.1) is 0 Å². The Morgan fingerprint density at radius 3 is 2.92 bits per heavy atom. The summed E-state index contributed by atoms with van der Waals surface area (Å²) in [6, 6.07) is -0.261. The minimum absolute atomic E-state index is 0.179. The van der Waals surface area contributed by atoms with Gasteiger partial charge in [0.1, 0.15) is 6.10 Å². The Labute approximate surface area is 74.2 Å². The van der Waals surface area contributed by atoms with E-state index in [0.717, 1.165) is 0 Å². The summed E-state index contributed by atoms with van der Waals surface area (Å²) >= 11 is 5.10. The lowest BCUT2D eigenvalue weighted by molar-refractivity contribution is -0.00550. The number of alkyl halides is 1. The zero-order chi connectivity index (χ0) is 8.97. The van der Waals surface area contributed by atoms with E-state index in [9.17, 15) is 4.79 Å². The average molecular weight is 197 g/mol. The number of carbonyl (C=O) groups excluding carboxylic acids is 1. The van der Waals surface area contributed by atoms with Crippen LogP contribution in [0.1, 0.15) is 0 Å². The van der Waals surface area contributed by atoms with Crippen molar-refractivity contribution in [2.24, 2.45) is 0 Å². The first-order valence-electron chi connectivity index (χ1n) is 3.39. The summed E-state index contributed by atoms with van der Waals surface area (Å²) < 4.78 is 13.8. The molecule has 70 valence electrons. The van der Waals surface area contributed by atoms with Crippen molar-refractivity contribution in [2.45, 2.75) is 12.2 Å². The summed E-state index contributed by atoms with van der Waals surface area (Å²) in [6.07, 6.45) is -2.30. The Bertz CT molecular complexity index is 162. The van der Waals surface area contributed by atoms with Gasteiger partial charge in [-0.3, -0.25) is 0 Å². The number of aliphatic hydroxyl groups excluding tert-OH is 1. The number of aliphatic hydroxyl groups is 1. The first kappa shape index (κ1) is 9.57. The van der Waals surface area contributed by atoms with Crippen LogP contribution < -0.4 is 0 Å². The molecule has 1 saturated heterocycles. The molecule has 0 aromatic rings. The second kappa shape index (κ2) is 4.49. The van der Waals surface area contributed by atoms with E-state index in [1.54, 1.807) is 0 Å². The minimum Gasteiger partial charge on any atom is -0.426 e. The molecule has 0 aliphatic carbocycles. The Morgan fingerprint density at radius 1 is 1.67 bits per heavy atom. The lowest BCUT2D eigenvalue weighted by Crippen LogP contribution is -2.29. The predicted molar refractivity (Wildman–Crippen MR) is 38.9 cm³/mol. The standard InChI is InChI=1S/C6H9ClO5/c7-3-11-6(9)12-5-2-10-1-4(5)8/h4-5,8H,1-3H2. The highest BCUT2D eigenvalue weighted by Crippen LogP contribution is 2.10. The molecule has 0 aromatic heterocycles. The zero-order valence-corrected chi connectivity index (χ0v) is 6.99. The molecule has 1 rings (SSSR count). The number of rotatable bonds is 2. The quantitative estimate of drug-likeness (QED) is 0.501. The molecular formula is C6H9ClO5. The molecule has 1 aliphatic rings. The molecule has 0 amide bonds. The SMILES string of the molecule is O=C(OCCl)OC1COCC1O. The maximum Gasteiger partial charge on any atom is 0.509 e.